The number of nitrogens with zero attached hydrogens (tertiary/aromatic N) is 4. The number of thiophene rings is 2. The van der Waals surface area contributed by atoms with Gasteiger partial charge in [-0.3, -0.25) is 0 Å². The minimum atomic E-state index is -0.196. The maximum absolute atomic E-state index is 2.72. The second-order valence-corrected chi connectivity index (χ2v) is 22.8. The van der Waals surface area contributed by atoms with Crippen molar-refractivity contribution in [3.05, 3.63) is 224 Å². The molecular formula is C67H40B2N4S2. The second kappa shape index (κ2) is 14.7. The van der Waals surface area contributed by atoms with E-state index in [4.69, 9.17) is 0 Å². The Labute approximate surface area is 440 Å². The minimum Gasteiger partial charge on any atom is -0.375 e. The fraction of sp³-hybridized carbons (Fsp3) is 0.0149. The Morgan fingerprint density at radius 3 is 1.57 bits per heavy atom. The Bertz CT molecular complexity index is 5010. The average Bonchev–Trinajstić information content (AvgIpc) is 4.44. The van der Waals surface area contributed by atoms with Gasteiger partial charge >= 0.3 is 13.7 Å². The van der Waals surface area contributed by atoms with Crippen LogP contribution in [-0.2, 0) is 0 Å². The van der Waals surface area contributed by atoms with Gasteiger partial charge in [-0.15, -0.1) is 22.7 Å². The number of para-hydroxylation sites is 6. The first kappa shape index (κ1) is 40.6. The van der Waals surface area contributed by atoms with Crippen LogP contribution in [0.25, 0.3) is 106 Å². The van der Waals surface area contributed by atoms with Gasteiger partial charge < -0.3 is 18.8 Å². The molecule has 75 heavy (non-hydrogen) atoms. The summed E-state index contributed by atoms with van der Waals surface area (Å²) < 4.78 is 10.7. The fourth-order valence-electron chi connectivity index (χ4n) is 14.2. The minimum absolute atomic E-state index is 0.128. The first-order valence-electron chi connectivity index (χ1n) is 26.0. The van der Waals surface area contributed by atoms with Gasteiger partial charge in [-0.2, -0.15) is 0 Å². The lowest BCUT2D eigenvalue weighted by atomic mass is 9.42. The topological polar surface area (TPSA) is 16.3 Å². The number of fused-ring (bicyclic) bond motifs is 19. The third-order valence-electron chi connectivity index (χ3n) is 17.1. The highest BCUT2D eigenvalue weighted by Gasteiger charge is 2.46. The number of rotatable bonds is 4. The van der Waals surface area contributed by atoms with Crippen molar-refractivity contribution in [3.8, 4) is 22.3 Å². The standard InChI is InChI=1S/C67H40B2N4S2/c1-70(40-18-4-2-5-19-40)66-60-48-24-10-14-32-56(48)74-58(60)37-50-46-28-16-26-44-42-22-8-12-30-53(42)72(64(44)46)68(62(50)66)39-34-35-55-52(36-39)69-63-51(47-29-17-27-45-43-23-9-13-31-54(43)73(69)65(45)47)38-59-61(49-25-11-15-33-57(49)75-59)67(63)71(55)41-20-6-3-7-21-41/h2-38H,1H3. The molecule has 0 saturated heterocycles. The monoisotopic (exact) mass is 986 g/mol. The van der Waals surface area contributed by atoms with E-state index in [0.717, 1.165) is 11.4 Å². The summed E-state index contributed by atoms with van der Waals surface area (Å²) in [6, 6.07) is 85.1. The van der Waals surface area contributed by atoms with E-state index in [2.05, 4.69) is 250 Å². The van der Waals surface area contributed by atoms with Crippen molar-refractivity contribution in [3.63, 3.8) is 0 Å². The quantitative estimate of drug-likeness (QED) is 0.163. The highest BCUT2D eigenvalue weighted by Crippen LogP contribution is 2.52. The number of anilines is 5. The highest BCUT2D eigenvalue weighted by molar-refractivity contribution is 7.26. The summed E-state index contributed by atoms with van der Waals surface area (Å²) in [6.45, 7) is -0.324. The van der Waals surface area contributed by atoms with Gasteiger partial charge in [-0.05, 0) is 94.2 Å². The fourth-order valence-corrected chi connectivity index (χ4v) is 16.5. The smallest absolute Gasteiger partial charge is 0.333 e. The number of benzene rings is 11. The molecule has 11 aromatic carbocycles. The molecular weight excluding hydrogens is 947 g/mol. The molecule has 0 bridgehead atoms. The Morgan fingerprint density at radius 1 is 0.400 bits per heavy atom. The molecule has 0 fully saturated rings. The first-order chi connectivity index (χ1) is 37.2. The van der Waals surface area contributed by atoms with E-state index in [1.807, 2.05) is 22.7 Å². The molecule has 4 aromatic heterocycles. The van der Waals surface area contributed by atoms with E-state index in [0.29, 0.717) is 0 Å². The van der Waals surface area contributed by atoms with Gasteiger partial charge in [0.1, 0.15) is 0 Å². The van der Waals surface area contributed by atoms with Gasteiger partial charge in [0.15, 0.2) is 0 Å². The van der Waals surface area contributed by atoms with E-state index in [1.54, 1.807) is 0 Å². The molecule has 0 saturated carbocycles. The lowest BCUT2D eigenvalue weighted by Gasteiger charge is -2.41. The number of aromatic nitrogens is 2. The zero-order valence-corrected chi connectivity index (χ0v) is 42.3. The Kier molecular flexibility index (Phi) is 7.96. The van der Waals surface area contributed by atoms with Crippen molar-refractivity contribution < 1.29 is 0 Å². The van der Waals surface area contributed by atoms with Crippen molar-refractivity contribution in [2.24, 2.45) is 0 Å². The van der Waals surface area contributed by atoms with Crippen LogP contribution >= 0.6 is 22.7 Å². The normalized spacial score (nSPS) is 13.3. The van der Waals surface area contributed by atoms with Crippen molar-refractivity contribution in [1.29, 1.82) is 0 Å². The number of hydrogen-bond acceptors (Lipinski definition) is 4. The Balaban J connectivity index is 1.02. The molecule has 4 nitrogen and oxygen atoms in total. The van der Waals surface area contributed by atoms with E-state index in [-0.39, 0.29) is 13.7 Å². The molecule has 346 valence electrons. The molecule has 0 unspecified atom stereocenters. The zero-order valence-electron chi connectivity index (χ0n) is 40.6. The Hall–Kier alpha value is -8.81. The molecule has 0 spiro atoms. The third-order valence-corrected chi connectivity index (χ3v) is 19.3. The van der Waals surface area contributed by atoms with E-state index >= 15 is 0 Å². The summed E-state index contributed by atoms with van der Waals surface area (Å²) in [7, 11) is 2.29. The average molecular weight is 987 g/mol. The summed E-state index contributed by atoms with van der Waals surface area (Å²) in [5.41, 5.74) is 21.6. The van der Waals surface area contributed by atoms with Crippen LogP contribution in [0.15, 0.2) is 224 Å². The van der Waals surface area contributed by atoms with E-state index in [1.165, 1.54) is 145 Å². The summed E-state index contributed by atoms with van der Waals surface area (Å²) in [6.07, 6.45) is 0. The van der Waals surface area contributed by atoms with E-state index < -0.39 is 0 Å². The molecule has 3 aliphatic rings. The first-order valence-corrected chi connectivity index (χ1v) is 27.6. The van der Waals surface area contributed by atoms with Crippen LogP contribution < -0.4 is 31.7 Å². The molecule has 0 radical (unpaired) electrons. The van der Waals surface area contributed by atoms with Crippen LogP contribution in [0.3, 0.4) is 0 Å². The van der Waals surface area contributed by atoms with Crippen molar-refractivity contribution in [2.75, 3.05) is 16.8 Å². The lowest BCUT2D eigenvalue weighted by Crippen LogP contribution is -2.59. The molecule has 0 N–H and O–H groups in total. The summed E-state index contributed by atoms with van der Waals surface area (Å²) in [5, 5.41) is 10.4. The van der Waals surface area contributed by atoms with Gasteiger partial charge in [0.2, 0.25) is 0 Å². The maximum Gasteiger partial charge on any atom is 0.333 e. The van der Waals surface area contributed by atoms with Gasteiger partial charge in [0.25, 0.3) is 0 Å². The maximum atomic E-state index is 2.72. The summed E-state index contributed by atoms with van der Waals surface area (Å²) >= 11 is 3.83. The molecule has 18 rings (SSSR count). The predicted molar refractivity (Wildman–Crippen MR) is 326 cm³/mol. The predicted octanol–water partition coefficient (Wildman–Crippen LogP) is 15.5. The molecule has 8 heteroatoms. The van der Waals surface area contributed by atoms with Crippen LogP contribution in [0.1, 0.15) is 0 Å². The molecule has 0 atom stereocenters. The molecule has 3 aliphatic heterocycles. The summed E-state index contributed by atoms with van der Waals surface area (Å²) in [4.78, 5) is 5.11. The molecule has 0 amide bonds. The Morgan fingerprint density at radius 2 is 0.920 bits per heavy atom. The second-order valence-electron chi connectivity index (χ2n) is 20.7. The van der Waals surface area contributed by atoms with Crippen LogP contribution in [-0.4, -0.2) is 29.7 Å². The molecule has 7 heterocycles. The van der Waals surface area contributed by atoms with Crippen molar-refractivity contribution in [1.82, 2.24) is 8.96 Å². The van der Waals surface area contributed by atoms with E-state index in [9.17, 15) is 0 Å². The third kappa shape index (κ3) is 5.18. The van der Waals surface area contributed by atoms with Gasteiger partial charge in [0.05, 0.1) is 5.69 Å². The number of hydrogen-bond donors (Lipinski definition) is 0. The lowest BCUT2D eigenvalue weighted by molar-refractivity contribution is 1.22. The van der Waals surface area contributed by atoms with Gasteiger partial charge in [-0.1, -0.05) is 163 Å². The summed E-state index contributed by atoms with van der Waals surface area (Å²) in [5.74, 6) is 0. The van der Waals surface area contributed by atoms with Crippen LogP contribution in [0.2, 0.25) is 0 Å². The van der Waals surface area contributed by atoms with Crippen molar-refractivity contribution in [2.45, 2.75) is 0 Å². The van der Waals surface area contributed by atoms with Crippen LogP contribution in [0.4, 0.5) is 28.4 Å². The van der Waals surface area contributed by atoms with Crippen LogP contribution in [0, 0.1) is 0 Å². The molecule has 0 aliphatic carbocycles. The van der Waals surface area contributed by atoms with Gasteiger partial charge in [0, 0.05) is 125 Å². The molecule has 15 aromatic rings. The van der Waals surface area contributed by atoms with Crippen molar-refractivity contribution >= 4 is 171 Å². The zero-order chi connectivity index (χ0) is 48.8. The largest absolute Gasteiger partial charge is 0.375 e. The van der Waals surface area contributed by atoms with Gasteiger partial charge in [-0.25, -0.2) is 0 Å². The highest BCUT2D eigenvalue weighted by atomic mass is 32.1. The van der Waals surface area contributed by atoms with Crippen LogP contribution in [0.5, 0.6) is 0 Å². The SMILES string of the molecule is CN(c1ccccc1)c1c2c(cc3sc4ccccc4c13)-c1cccc3c4ccccc4n(c13)B2c1ccc2c(c1)B1c3c(cc4sc5ccccc5c4c3N2c2ccccc2)-c2cccc3c4ccccc4n1c23.